The summed E-state index contributed by atoms with van der Waals surface area (Å²) < 4.78 is 5.35. The van der Waals surface area contributed by atoms with Crippen LogP contribution in [0, 0.1) is 5.41 Å². The Morgan fingerprint density at radius 1 is 1.06 bits per heavy atom. The molecule has 31 heavy (non-hydrogen) atoms. The van der Waals surface area contributed by atoms with Crippen LogP contribution < -0.4 is 15.8 Å². The number of carbonyl (C=O) groups excluding carboxylic acids is 2. The molecule has 0 atom stereocenters. The lowest BCUT2D eigenvalue weighted by molar-refractivity contribution is -0.118. The lowest BCUT2D eigenvalue weighted by Gasteiger charge is -2.25. The van der Waals surface area contributed by atoms with Crippen LogP contribution in [-0.4, -0.2) is 23.3 Å². The van der Waals surface area contributed by atoms with Crippen molar-refractivity contribution in [2.24, 2.45) is 5.73 Å². The topological polar surface area (TPSA) is 105 Å². The molecule has 0 aromatic heterocycles. The van der Waals surface area contributed by atoms with E-state index in [4.69, 9.17) is 15.9 Å². The minimum atomic E-state index is -0.494. The highest BCUT2D eigenvalue weighted by molar-refractivity contribution is 5.98. The average Bonchev–Trinajstić information content (AvgIpc) is 2.72. The Morgan fingerprint density at radius 2 is 1.65 bits per heavy atom. The first-order chi connectivity index (χ1) is 14.6. The van der Waals surface area contributed by atoms with Crippen molar-refractivity contribution in [3.63, 3.8) is 0 Å². The van der Waals surface area contributed by atoms with Gasteiger partial charge in [-0.05, 0) is 82.2 Å². The molecule has 0 aliphatic rings. The smallest absolute Gasteiger partial charge is 0.343 e. The zero-order chi connectivity index (χ0) is 23.0. The number of ether oxygens (including phenoxy) is 1. The van der Waals surface area contributed by atoms with E-state index in [1.54, 1.807) is 61.5 Å². The third-order valence-electron chi connectivity index (χ3n) is 4.58. The Labute approximate surface area is 183 Å². The number of hydrogen-bond donors (Lipinski definition) is 3. The van der Waals surface area contributed by atoms with E-state index in [2.05, 4.69) is 5.32 Å². The maximum Gasteiger partial charge on any atom is 0.343 e. The van der Waals surface area contributed by atoms with Crippen LogP contribution in [0.5, 0.6) is 5.75 Å². The van der Waals surface area contributed by atoms with Crippen LogP contribution in [0.25, 0.3) is 6.08 Å². The van der Waals surface area contributed by atoms with Gasteiger partial charge in [-0.2, -0.15) is 0 Å². The van der Waals surface area contributed by atoms with Gasteiger partial charge in [-0.3, -0.25) is 10.2 Å². The van der Waals surface area contributed by atoms with Crippen molar-refractivity contribution < 1.29 is 14.3 Å². The number of nitrogen functional groups attached to an aromatic ring is 1. The van der Waals surface area contributed by atoms with Crippen molar-refractivity contribution >= 4 is 23.8 Å². The molecule has 0 heterocycles. The molecule has 0 bridgehead atoms. The molecular formula is C25H29N3O3. The van der Waals surface area contributed by atoms with E-state index in [0.29, 0.717) is 22.4 Å². The third kappa shape index (κ3) is 7.26. The quantitative estimate of drug-likeness (QED) is 0.147. The zero-order valence-corrected chi connectivity index (χ0v) is 18.4. The molecule has 162 valence electrons. The van der Waals surface area contributed by atoms with Crippen molar-refractivity contribution in [3.8, 4) is 5.75 Å². The average molecular weight is 420 g/mol. The van der Waals surface area contributed by atoms with Crippen LogP contribution in [0.2, 0.25) is 0 Å². The van der Waals surface area contributed by atoms with Gasteiger partial charge in [0, 0.05) is 16.7 Å². The highest BCUT2D eigenvalue weighted by atomic mass is 16.5. The van der Waals surface area contributed by atoms with Crippen LogP contribution >= 0.6 is 0 Å². The molecule has 0 saturated heterocycles. The lowest BCUT2D eigenvalue weighted by Crippen LogP contribution is -2.43. The number of esters is 1. The van der Waals surface area contributed by atoms with Gasteiger partial charge in [-0.1, -0.05) is 24.3 Å². The number of nitrogens with two attached hydrogens (primary N) is 1. The van der Waals surface area contributed by atoms with E-state index in [-0.39, 0.29) is 17.3 Å². The molecule has 0 aliphatic heterocycles. The number of amidine groups is 1. The lowest BCUT2D eigenvalue weighted by atomic mass is 9.99. The van der Waals surface area contributed by atoms with Crippen molar-refractivity contribution in [3.05, 3.63) is 82.9 Å². The minimum absolute atomic E-state index is 0.0492. The van der Waals surface area contributed by atoms with Gasteiger partial charge in [0.15, 0.2) is 0 Å². The van der Waals surface area contributed by atoms with Crippen LogP contribution in [0.4, 0.5) is 0 Å². The number of allylic oxidation sites excluding steroid dienone is 1. The van der Waals surface area contributed by atoms with E-state index in [1.807, 2.05) is 32.9 Å². The maximum absolute atomic E-state index is 12.5. The fourth-order valence-corrected chi connectivity index (χ4v) is 2.77. The molecule has 0 saturated carbocycles. The molecule has 6 heteroatoms. The van der Waals surface area contributed by atoms with Crippen molar-refractivity contribution in [2.45, 2.75) is 39.7 Å². The molecule has 2 aromatic carbocycles. The summed E-state index contributed by atoms with van der Waals surface area (Å²) in [6.45, 7) is 7.67. The summed E-state index contributed by atoms with van der Waals surface area (Å²) in [5.74, 6) is -0.308. The molecule has 2 rings (SSSR count). The fourth-order valence-electron chi connectivity index (χ4n) is 2.77. The van der Waals surface area contributed by atoms with Crippen molar-refractivity contribution in [2.75, 3.05) is 0 Å². The maximum atomic E-state index is 12.5. The SMILES string of the molecule is C/C=C/CC(C)(C)NC(=O)/C(C)=C/c1ccc(C(=O)Oc2ccc(C(=N)N)cc2)cc1. The second-order valence-electron chi connectivity index (χ2n) is 7.89. The Balaban J connectivity index is 2.02. The van der Waals surface area contributed by atoms with E-state index >= 15 is 0 Å². The van der Waals surface area contributed by atoms with Crippen molar-refractivity contribution in [1.82, 2.24) is 5.32 Å². The largest absolute Gasteiger partial charge is 0.423 e. The molecule has 4 N–H and O–H groups in total. The Hall–Kier alpha value is -3.67. The predicted molar refractivity (Wildman–Crippen MR) is 124 cm³/mol. The van der Waals surface area contributed by atoms with Crippen LogP contribution in [0.1, 0.15) is 55.6 Å². The first-order valence-corrected chi connectivity index (χ1v) is 10.00. The van der Waals surface area contributed by atoms with E-state index < -0.39 is 5.97 Å². The molecule has 0 radical (unpaired) electrons. The van der Waals surface area contributed by atoms with E-state index in [1.165, 1.54) is 0 Å². The minimum Gasteiger partial charge on any atom is -0.423 e. The van der Waals surface area contributed by atoms with E-state index in [0.717, 1.165) is 12.0 Å². The zero-order valence-electron chi connectivity index (χ0n) is 18.4. The summed E-state index contributed by atoms with van der Waals surface area (Å²) >= 11 is 0. The van der Waals surface area contributed by atoms with Crippen LogP contribution in [-0.2, 0) is 4.79 Å². The summed E-state index contributed by atoms with van der Waals surface area (Å²) in [6, 6.07) is 13.2. The van der Waals surface area contributed by atoms with Gasteiger partial charge in [0.2, 0.25) is 5.91 Å². The monoisotopic (exact) mass is 419 g/mol. The van der Waals surface area contributed by atoms with Crippen LogP contribution in [0.15, 0.2) is 66.3 Å². The highest BCUT2D eigenvalue weighted by Gasteiger charge is 2.19. The number of rotatable bonds is 8. The molecule has 0 spiro atoms. The molecule has 6 nitrogen and oxygen atoms in total. The number of carbonyl (C=O) groups is 2. The standard InChI is InChI=1S/C25H29N3O3/c1-5-6-15-25(3,4)28-23(29)17(2)16-18-7-9-20(10-8-18)24(30)31-21-13-11-19(12-14-21)22(26)27/h5-14,16H,15H2,1-4H3,(H3,26,27)(H,28,29)/b6-5+,17-16+. The first kappa shape index (κ1) is 23.6. The Kier molecular flexibility index (Phi) is 7.91. The van der Waals surface area contributed by atoms with Crippen LogP contribution in [0.3, 0.4) is 0 Å². The summed E-state index contributed by atoms with van der Waals surface area (Å²) in [6.07, 6.45) is 6.51. The second kappa shape index (κ2) is 10.4. The summed E-state index contributed by atoms with van der Waals surface area (Å²) in [7, 11) is 0. The van der Waals surface area contributed by atoms with Gasteiger partial charge in [0.05, 0.1) is 5.56 Å². The predicted octanol–water partition coefficient (Wildman–Crippen LogP) is 4.45. The molecule has 0 aliphatic carbocycles. The van der Waals surface area contributed by atoms with Gasteiger partial charge in [-0.15, -0.1) is 0 Å². The first-order valence-electron chi connectivity index (χ1n) is 10.00. The van der Waals surface area contributed by atoms with Gasteiger partial charge in [-0.25, -0.2) is 4.79 Å². The molecule has 2 aromatic rings. The van der Waals surface area contributed by atoms with Gasteiger partial charge >= 0.3 is 5.97 Å². The van der Waals surface area contributed by atoms with Gasteiger partial charge in [0.1, 0.15) is 11.6 Å². The van der Waals surface area contributed by atoms with Gasteiger partial charge in [0.25, 0.3) is 0 Å². The number of nitrogens with one attached hydrogen (secondary N) is 2. The van der Waals surface area contributed by atoms with E-state index in [9.17, 15) is 9.59 Å². The Bertz CT molecular complexity index is 1000. The summed E-state index contributed by atoms with van der Waals surface area (Å²) in [5, 5.41) is 10.4. The van der Waals surface area contributed by atoms with Gasteiger partial charge < -0.3 is 15.8 Å². The highest BCUT2D eigenvalue weighted by Crippen LogP contribution is 2.16. The number of benzene rings is 2. The molecular weight excluding hydrogens is 390 g/mol. The fraction of sp³-hybridized carbons (Fsp3) is 0.240. The third-order valence-corrected chi connectivity index (χ3v) is 4.58. The molecule has 0 fully saturated rings. The summed E-state index contributed by atoms with van der Waals surface area (Å²) in [4.78, 5) is 24.8. The number of amides is 1. The molecule has 1 amide bonds. The molecule has 0 unspecified atom stereocenters. The summed E-state index contributed by atoms with van der Waals surface area (Å²) in [5.41, 5.74) is 7.41. The Morgan fingerprint density at radius 3 is 2.19 bits per heavy atom. The van der Waals surface area contributed by atoms with Crippen molar-refractivity contribution in [1.29, 1.82) is 5.41 Å². The number of hydrogen-bond acceptors (Lipinski definition) is 4. The normalized spacial score (nSPS) is 11.9. The second-order valence-corrected chi connectivity index (χ2v) is 7.89.